The summed E-state index contributed by atoms with van der Waals surface area (Å²) in [5.41, 5.74) is 11.5. The number of benzene rings is 1. The van der Waals surface area contributed by atoms with Crippen LogP contribution in [0.25, 0.3) is 0 Å². The third kappa shape index (κ3) is 7.67. The lowest BCUT2D eigenvalue weighted by molar-refractivity contribution is -0.144. The van der Waals surface area contributed by atoms with Gasteiger partial charge in [0, 0.05) is 13.0 Å². The normalized spacial score (nSPS) is 18.5. The van der Waals surface area contributed by atoms with Crippen molar-refractivity contribution in [2.75, 3.05) is 6.54 Å². The summed E-state index contributed by atoms with van der Waals surface area (Å²) in [6.07, 6.45) is 1.03. The fourth-order valence-electron chi connectivity index (χ4n) is 4.10. The second-order valence-electron chi connectivity index (χ2n) is 9.11. The molecule has 5 unspecified atom stereocenters. The number of hydrogen-bond donors (Lipinski definition) is 6. The highest BCUT2D eigenvalue weighted by molar-refractivity contribution is 5.95. The standard InChI is InChI=1S/C24H35N5O7/c1-3-13(2)20(24(35)36)28-21(32)17(11-14-6-8-15(30)9-7-14)27-22(33)18-5-4-10-29(18)23(34)16(25)12-19(26)31/h6-9,13,16-18,20,30H,3-5,10-12,25H2,1-2H3,(H2,26,31)(H,27,33)(H,28,32)(H,35,36). The van der Waals surface area contributed by atoms with Gasteiger partial charge >= 0.3 is 5.97 Å². The zero-order valence-corrected chi connectivity index (χ0v) is 20.5. The van der Waals surface area contributed by atoms with Gasteiger partial charge < -0.3 is 37.2 Å². The molecule has 4 amide bonds. The van der Waals surface area contributed by atoms with Crippen molar-refractivity contribution < 1.29 is 34.2 Å². The zero-order valence-electron chi connectivity index (χ0n) is 20.5. The van der Waals surface area contributed by atoms with E-state index in [2.05, 4.69) is 10.6 Å². The van der Waals surface area contributed by atoms with Crippen molar-refractivity contribution in [1.29, 1.82) is 0 Å². The number of rotatable bonds is 12. The van der Waals surface area contributed by atoms with Crippen molar-refractivity contribution in [2.24, 2.45) is 17.4 Å². The Hall–Kier alpha value is -3.67. The fraction of sp³-hybridized carbons (Fsp3) is 0.542. The van der Waals surface area contributed by atoms with Crippen molar-refractivity contribution in [3.63, 3.8) is 0 Å². The highest BCUT2D eigenvalue weighted by atomic mass is 16.4. The maximum atomic E-state index is 13.2. The number of carbonyl (C=O) groups is 5. The van der Waals surface area contributed by atoms with Crippen LogP contribution in [0.1, 0.15) is 45.1 Å². The summed E-state index contributed by atoms with van der Waals surface area (Å²) < 4.78 is 0. The van der Waals surface area contributed by atoms with Crippen LogP contribution >= 0.6 is 0 Å². The van der Waals surface area contributed by atoms with Crippen molar-refractivity contribution in [2.45, 2.75) is 70.1 Å². The molecule has 0 aliphatic carbocycles. The van der Waals surface area contributed by atoms with E-state index in [4.69, 9.17) is 11.5 Å². The number of phenolic OH excluding ortho intramolecular Hbond substituents is 1. The molecule has 1 aliphatic rings. The number of carbonyl (C=O) groups excluding carboxylic acids is 4. The number of carboxylic acid groups (broad SMARTS) is 1. The summed E-state index contributed by atoms with van der Waals surface area (Å²) in [7, 11) is 0. The molecule has 1 aliphatic heterocycles. The number of nitrogens with one attached hydrogen (secondary N) is 2. The Morgan fingerprint density at radius 2 is 1.78 bits per heavy atom. The molecule has 2 rings (SSSR count). The summed E-state index contributed by atoms with van der Waals surface area (Å²) in [6.45, 7) is 3.76. The summed E-state index contributed by atoms with van der Waals surface area (Å²) in [5.74, 6) is -4.13. The minimum Gasteiger partial charge on any atom is -0.508 e. The van der Waals surface area contributed by atoms with Crippen LogP contribution in [-0.4, -0.2) is 75.4 Å². The minimum atomic E-state index is -1.19. The first kappa shape index (κ1) is 28.6. The summed E-state index contributed by atoms with van der Waals surface area (Å²) in [6, 6.07) is 1.64. The average Bonchev–Trinajstić information content (AvgIpc) is 3.31. The number of carboxylic acids is 1. The van der Waals surface area contributed by atoms with Crippen LogP contribution in [0.5, 0.6) is 5.75 Å². The van der Waals surface area contributed by atoms with Crippen molar-refractivity contribution in [3.8, 4) is 5.75 Å². The van der Waals surface area contributed by atoms with Gasteiger partial charge in [0.05, 0.1) is 12.5 Å². The van der Waals surface area contributed by atoms with Crippen molar-refractivity contribution in [3.05, 3.63) is 29.8 Å². The van der Waals surface area contributed by atoms with Crippen LogP contribution in [0.15, 0.2) is 24.3 Å². The first-order valence-electron chi connectivity index (χ1n) is 11.9. The number of primary amides is 1. The van der Waals surface area contributed by atoms with Gasteiger partial charge in [0.25, 0.3) is 0 Å². The zero-order chi connectivity index (χ0) is 27.0. The van der Waals surface area contributed by atoms with E-state index in [1.165, 1.54) is 17.0 Å². The lowest BCUT2D eigenvalue weighted by Crippen LogP contribution is -2.58. The number of aliphatic carboxylic acids is 1. The quantitative estimate of drug-likeness (QED) is 0.212. The van der Waals surface area contributed by atoms with Crippen LogP contribution in [-0.2, 0) is 30.4 Å². The molecule has 0 spiro atoms. The monoisotopic (exact) mass is 505 g/mol. The Morgan fingerprint density at radius 3 is 2.33 bits per heavy atom. The molecule has 1 fully saturated rings. The van der Waals surface area contributed by atoms with E-state index in [9.17, 15) is 34.2 Å². The third-order valence-corrected chi connectivity index (χ3v) is 6.36. The highest BCUT2D eigenvalue weighted by Gasteiger charge is 2.38. The van der Waals surface area contributed by atoms with Crippen LogP contribution in [0.2, 0.25) is 0 Å². The first-order chi connectivity index (χ1) is 16.9. The Kier molecular flexibility index (Phi) is 10.2. The van der Waals surface area contributed by atoms with E-state index < -0.39 is 53.8 Å². The molecule has 0 radical (unpaired) electrons. The van der Waals surface area contributed by atoms with Gasteiger partial charge in [-0.2, -0.15) is 0 Å². The molecule has 12 nitrogen and oxygen atoms in total. The first-order valence-corrected chi connectivity index (χ1v) is 11.9. The summed E-state index contributed by atoms with van der Waals surface area (Å²) in [4.78, 5) is 63.2. The highest BCUT2D eigenvalue weighted by Crippen LogP contribution is 2.20. The van der Waals surface area contributed by atoms with E-state index in [-0.39, 0.29) is 31.1 Å². The summed E-state index contributed by atoms with van der Waals surface area (Å²) in [5, 5.41) is 24.3. The Balaban J connectivity index is 2.23. The van der Waals surface area contributed by atoms with Gasteiger partial charge in [-0.05, 0) is 36.5 Å². The predicted molar refractivity (Wildman–Crippen MR) is 129 cm³/mol. The van der Waals surface area contributed by atoms with Gasteiger partial charge in [-0.3, -0.25) is 19.2 Å². The molecule has 0 aromatic heterocycles. The van der Waals surface area contributed by atoms with E-state index in [1.54, 1.807) is 26.0 Å². The molecule has 198 valence electrons. The smallest absolute Gasteiger partial charge is 0.326 e. The Labute approximate surface area is 209 Å². The molecule has 1 aromatic carbocycles. The lowest BCUT2D eigenvalue weighted by atomic mass is 9.98. The van der Waals surface area contributed by atoms with Crippen LogP contribution in [0.4, 0.5) is 0 Å². The molecule has 1 heterocycles. The molecule has 1 aromatic rings. The van der Waals surface area contributed by atoms with Gasteiger partial charge in [0.15, 0.2) is 0 Å². The van der Waals surface area contributed by atoms with Crippen LogP contribution in [0, 0.1) is 5.92 Å². The van der Waals surface area contributed by atoms with Gasteiger partial charge in [-0.15, -0.1) is 0 Å². The van der Waals surface area contributed by atoms with Gasteiger partial charge in [-0.1, -0.05) is 32.4 Å². The molecule has 5 atom stereocenters. The predicted octanol–water partition coefficient (Wildman–Crippen LogP) is -0.771. The molecular weight excluding hydrogens is 470 g/mol. The minimum absolute atomic E-state index is 0.0204. The van der Waals surface area contributed by atoms with E-state index in [0.717, 1.165) is 0 Å². The average molecular weight is 506 g/mol. The third-order valence-electron chi connectivity index (χ3n) is 6.36. The molecule has 0 bridgehead atoms. The second-order valence-corrected chi connectivity index (χ2v) is 9.11. The molecule has 36 heavy (non-hydrogen) atoms. The number of phenols is 1. The lowest BCUT2D eigenvalue weighted by Gasteiger charge is -2.29. The largest absolute Gasteiger partial charge is 0.508 e. The number of amides is 4. The van der Waals surface area contributed by atoms with Gasteiger partial charge in [0.1, 0.15) is 23.9 Å². The van der Waals surface area contributed by atoms with E-state index in [1.807, 2.05) is 0 Å². The number of nitrogens with two attached hydrogens (primary N) is 2. The Bertz CT molecular complexity index is 968. The van der Waals surface area contributed by atoms with Crippen LogP contribution in [0.3, 0.4) is 0 Å². The number of hydrogen-bond acceptors (Lipinski definition) is 7. The van der Waals surface area contributed by atoms with Crippen molar-refractivity contribution >= 4 is 29.6 Å². The number of likely N-dealkylation sites (tertiary alicyclic amines) is 1. The molecule has 0 saturated carbocycles. The van der Waals surface area contributed by atoms with Gasteiger partial charge in [-0.25, -0.2) is 4.79 Å². The second kappa shape index (κ2) is 12.9. The molecular formula is C24H35N5O7. The van der Waals surface area contributed by atoms with Crippen LogP contribution < -0.4 is 22.1 Å². The molecule has 8 N–H and O–H groups in total. The fourth-order valence-corrected chi connectivity index (χ4v) is 4.10. The number of nitrogens with zero attached hydrogens (tertiary/aromatic N) is 1. The van der Waals surface area contributed by atoms with Gasteiger partial charge in [0.2, 0.25) is 23.6 Å². The van der Waals surface area contributed by atoms with Crippen molar-refractivity contribution in [1.82, 2.24) is 15.5 Å². The van der Waals surface area contributed by atoms with E-state index in [0.29, 0.717) is 24.8 Å². The maximum Gasteiger partial charge on any atom is 0.326 e. The van der Waals surface area contributed by atoms with E-state index >= 15 is 0 Å². The SMILES string of the molecule is CCC(C)C(NC(=O)C(Cc1ccc(O)cc1)NC(=O)C1CCCN1C(=O)C(N)CC(N)=O)C(=O)O. The summed E-state index contributed by atoms with van der Waals surface area (Å²) >= 11 is 0. The topological polar surface area (TPSA) is 205 Å². The number of aromatic hydroxyl groups is 1. The molecule has 12 heteroatoms. The molecule has 1 saturated heterocycles. The Morgan fingerprint density at radius 1 is 1.14 bits per heavy atom. The maximum absolute atomic E-state index is 13.2.